The number of nitrogens with one attached hydrogen (secondary N) is 2. The van der Waals surface area contributed by atoms with Gasteiger partial charge < -0.3 is 16.8 Å². The number of rotatable bonds is 6. The summed E-state index contributed by atoms with van der Waals surface area (Å²) in [4.78, 5) is 10.9. The molecule has 1 aliphatic carbocycles. The molecule has 1 atom stereocenters. The van der Waals surface area contributed by atoms with Crippen molar-refractivity contribution in [1.82, 2.24) is 25.9 Å². The van der Waals surface area contributed by atoms with Crippen molar-refractivity contribution in [1.29, 1.82) is 0 Å². The molecule has 176 valence electrons. The number of nitrogens with zero attached hydrogens (tertiary/aromatic N) is 3. The van der Waals surface area contributed by atoms with Crippen molar-refractivity contribution in [3.05, 3.63) is 23.3 Å². The first-order valence-corrected chi connectivity index (χ1v) is 11.2. The van der Waals surface area contributed by atoms with Crippen molar-refractivity contribution < 1.29 is 26.4 Å². The second kappa shape index (κ2) is 9.09. The number of H-pyrrole nitrogens is 1. The van der Waals surface area contributed by atoms with E-state index in [2.05, 4.69) is 25.9 Å². The average Bonchev–Trinajstić information content (AvgIpc) is 3.26. The van der Waals surface area contributed by atoms with Gasteiger partial charge in [0.25, 0.3) is 0 Å². The molecule has 1 aromatic heterocycles. The first-order chi connectivity index (χ1) is 14.9. The van der Waals surface area contributed by atoms with Crippen molar-refractivity contribution in [3.63, 3.8) is 0 Å². The smallest absolute Gasteiger partial charge is 0.352 e. The van der Waals surface area contributed by atoms with Crippen LogP contribution >= 0.6 is 0 Å². The maximum Gasteiger partial charge on any atom is 0.417 e. The minimum absolute atomic E-state index is 0.00233. The van der Waals surface area contributed by atoms with Gasteiger partial charge in [-0.3, -0.25) is 4.79 Å². The fraction of sp³-hybridized carbons (Fsp3) is 0.529. The quantitative estimate of drug-likeness (QED) is 0.383. The number of alkyl halides is 3. The number of carbonyl (C=O) groups excluding carboxylic acids is 1. The van der Waals surface area contributed by atoms with Gasteiger partial charge in [0.2, 0.25) is 15.9 Å². The van der Waals surface area contributed by atoms with Gasteiger partial charge in [0.15, 0.2) is 5.82 Å². The van der Waals surface area contributed by atoms with Gasteiger partial charge in [-0.2, -0.15) is 13.2 Å². The van der Waals surface area contributed by atoms with E-state index in [0.29, 0.717) is 37.3 Å². The zero-order valence-electron chi connectivity index (χ0n) is 16.8. The standard InChI is InChI=1S/C17H23F3N8O3S/c18-17(19,20)11-6-5-10(13(14(11)32(23,30)31)15-25-27-28-26-15)8-1-3-9(4-2-8)24-16(29)12(22)7-21/h5-6,8-9,12H,1-4,7,21-22H2,(H,24,29)(H2,23,30,31)(H,25,26,27,28). The lowest BCUT2D eigenvalue weighted by Crippen LogP contribution is -2.49. The molecule has 1 aliphatic rings. The molecular formula is C17H23F3N8O3S. The molecule has 32 heavy (non-hydrogen) atoms. The fourth-order valence-corrected chi connectivity index (χ4v) is 4.92. The highest BCUT2D eigenvalue weighted by Gasteiger charge is 2.40. The molecule has 1 amide bonds. The van der Waals surface area contributed by atoms with Crippen molar-refractivity contribution in [3.8, 4) is 11.4 Å². The Morgan fingerprint density at radius 1 is 1.25 bits per heavy atom. The molecule has 15 heteroatoms. The number of tetrazole rings is 1. The van der Waals surface area contributed by atoms with Crippen LogP contribution in [0.2, 0.25) is 0 Å². The summed E-state index contributed by atoms with van der Waals surface area (Å²) in [5.74, 6) is -0.927. The molecular weight excluding hydrogens is 453 g/mol. The van der Waals surface area contributed by atoms with Crippen LogP contribution in [0.1, 0.15) is 42.7 Å². The number of aromatic amines is 1. The van der Waals surface area contributed by atoms with E-state index in [4.69, 9.17) is 16.6 Å². The van der Waals surface area contributed by atoms with Gasteiger partial charge in [-0.25, -0.2) is 18.7 Å². The molecule has 0 aliphatic heterocycles. The van der Waals surface area contributed by atoms with Crippen LogP contribution in [0.15, 0.2) is 17.0 Å². The second-order valence-corrected chi connectivity index (χ2v) is 9.10. The van der Waals surface area contributed by atoms with Crippen molar-refractivity contribution in [2.45, 2.75) is 54.8 Å². The Hall–Kier alpha value is -2.62. The van der Waals surface area contributed by atoms with Crippen molar-refractivity contribution in [2.75, 3.05) is 6.54 Å². The molecule has 0 saturated heterocycles. The van der Waals surface area contributed by atoms with Gasteiger partial charge in [-0.05, 0) is 53.7 Å². The van der Waals surface area contributed by atoms with Crippen LogP contribution in [0.25, 0.3) is 11.4 Å². The third-order valence-electron chi connectivity index (χ3n) is 5.47. The highest BCUT2D eigenvalue weighted by molar-refractivity contribution is 7.89. The van der Waals surface area contributed by atoms with Gasteiger partial charge in [-0.15, -0.1) is 5.10 Å². The van der Waals surface area contributed by atoms with Crippen LogP contribution in [0.5, 0.6) is 0 Å². The molecule has 0 bridgehead atoms. The topological polar surface area (TPSA) is 196 Å². The number of primary sulfonamides is 1. The summed E-state index contributed by atoms with van der Waals surface area (Å²) in [6.45, 7) is -0.00233. The van der Waals surface area contributed by atoms with Crippen LogP contribution in [0.4, 0.5) is 13.2 Å². The van der Waals surface area contributed by atoms with Crippen molar-refractivity contribution in [2.24, 2.45) is 16.6 Å². The highest BCUT2D eigenvalue weighted by atomic mass is 32.2. The van der Waals surface area contributed by atoms with Gasteiger partial charge >= 0.3 is 6.18 Å². The lowest BCUT2D eigenvalue weighted by molar-refractivity contribution is -0.139. The van der Waals surface area contributed by atoms with Gasteiger partial charge in [-0.1, -0.05) is 6.07 Å². The first-order valence-electron chi connectivity index (χ1n) is 9.70. The van der Waals surface area contributed by atoms with E-state index in [1.165, 1.54) is 6.07 Å². The number of hydrogen-bond acceptors (Lipinski definition) is 8. The third kappa shape index (κ3) is 5.06. The maximum absolute atomic E-state index is 13.6. The highest BCUT2D eigenvalue weighted by Crippen LogP contribution is 2.44. The van der Waals surface area contributed by atoms with Crippen LogP contribution in [-0.2, 0) is 21.0 Å². The molecule has 0 radical (unpaired) electrons. The Morgan fingerprint density at radius 2 is 1.91 bits per heavy atom. The lowest BCUT2D eigenvalue weighted by atomic mass is 9.79. The predicted octanol–water partition coefficient (Wildman–Crippen LogP) is -0.0387. The Kier molecular flexibility index (Phi) is 6.83. The van der Waals surface area contributed by atoms with E-state index >= 15 is 0 Å². The number of carbonyl (C=O) groups is 1. The molecule has 2 aromatic rings. The molecule has 1 saturated carbocycles. The van der Waals surface area contributed by atoms with Crippen LogP contribution in [0.3, 0.4) is 0 Å². The number of nitrogens with two attached hydrogens (primary N) is 3. The van der Waals surface area contributed by atoms with Gasteiger partial charge in [0.1, 0.15) is 4.90 Å². The number of halogens is 3. The summed E-state index contributed by atoms with van der Waals surface area (Å²) in [6, 6.07) is 0.921. The number of aromatic nitrogens is 4. The van der Waals surface area contributed by atoms with Crippen LogP contribution in [-0.4, -0.2) is 53.6 Å². The summed E-state index contributed by atoms with van der Waals surface area (Å²) in [5, 5.41) is 20.7. The van der Waals surface area contributed by atoms with Crippen LogP contribution in [0, 0.1) is 0 Å². The largest absolute Gasteiger partial charge is 0.417 e. The maximum atomic E-state index is 13.6. The Bertz CT molecular complexity index is 1070. The minimum Gasteiger partial charge on any atom is -0.352 e. The average molecular weight is 476 g/mol. The molecule has 3 rings (SSSR count). The fourth-order valence-electron chi connectivity index (χ4n) is 3.93. The molecule has 1 aromatic carbocycles. The van der Waals surface area contributed by atoms with E-state index in [0.717, 1.165) is 0 Å². The normalized spacial score (nSPS) is 20.7. The number of hydrogen-bond donors (Lipinski definition) is 5. The summed E-state index contributed by atoms with van der Waals surface area (Å²) in [5.41, 5.74) is 9.63. The second-order valence-electron chi connectivity index (χ2n) is 7.60. The van der Waals surface area contributed by atoms with E-state index in [9.17, 15) is 26.4 Å². The monoisotopic (exact) mass is 476 g/mol. The van der Waals surface area contributed by atoms with E-state index in [-0.39, 0.29) is 35.8 Å². The lowest BCUT2D eigenvalue weighted by Gasteiger charge is -2.31. The number of amides is 1. The van der Waals surface area contributed by atoms with Gasteiger partial charge in [0, 0.05) is 18.2 Å². The first kappa shape index (κ1) is 24.0. The molecule has 1 unspecified atom stereocenters. The van der Waals surface area contributed by atoms with Crippen molar-refractivity contribution >= 4 is 15.9 Å². The molecule has 11 nitrogen and oxygen atoms in total. The van der Waals surface area contributed by atoms with Crippen LogP contribution < -0.4 is 21.9 Å². The Balaban J connectivity index is 1.99. The number of benzene rings is 1. The molecule has 1 fully saturated rings. The summed E-state index contributed by atoms with van der Waals surface area (Å²) in [6.07, 6.45) is -3.02. The summed E-state index contributed by atoms with van der Waals surface area (Å²) in [7, 11) is -4.79. The minimum atomic E-state index is -4.97. The molecule has 1 heterocycles. The summed E-state index contributed by atoms with van der Waals surface area (Å²) >= 11 is 0. The molecule has 0 spiro atoms. The Labute approximate surface area is 181 Å². The van der Waals surface area contributed by atoms with E-state index < -0.39 is 32.7 Å². The van der Waals surface area contributed by atoms with Gasteiger partial charge in [0.05, 0.1) is 11.6 Å². The summed E-state index contributed by atoms with van der Waals surface area (Å²) < 4.78 is 65.3. The Morgan fingerprint density at radius 3 is 2.41 bits per heavy atom. The van der Waals surface area contributed by atoms with E-state index in [1.54, 1.807) is 0 Å². The zero-order valence-corrected chi connectivity index (χ0v) is 17.6. The predicted molar refractivity (Wildman–Crippen MR) is 106 cm³/mol. The number of sulfonamides is 1. The third-order valence-corrected chi connectivity index (χ3v) is 6.46. The SMILES string of the molecule is NCC(N)C(=O)NC1CCC(c2ccc(C(F)(F)F)c(S(N)(=O)=O)c2-c2nnn[nH]2)CC1. The molecule has 8 N–H and O–H groups in total. The van der Waals surface area contributed by atoms with E-state index in [1.807, 2.05) is 0 Å². The zero-order chi connectivity index (χ0) is 23.7.